The molecule has 0 amide bonds. The zero-order valence-corrected chi connectivity index (χ0v) is 8.90. The minimum atomic E-state index is 0.460. The minimum absolute atomic E-state index is 0.460. The summed E-state index contributed by atoms with van der Waals surface area (Å²) in [6, 6.07) is 5.98. The lowest BCUT2D eigenvalue weighted by Crippen LogP contribution is -2.12. The highest BCUT2D eigenvalue weighted by Crippen LogP contribution is 2.27. The third-order valence-corrected chi connectivity index (χ3v) is 3.17. The number of rotatable bonds is 3. The standard InChI is InChI=1S/C10H16N2S/c1-7-5-9(12)3-4-10(7)13-8(2)6-11/h3-5,8H,6,11-12H2,1-2H3. The van der Waals surface area contributed by atoms with E-state index in [9.17, 15) is 0 Å². The lowest BCUT2D eigenvalue weighted by atomic mass is 10.2. The average Bonchev–Trinajstić information content (AvgIpc) is 2.09. The third-order valence-electron chi connectivity index (χ3n) is 1.86. The Morgan fingerprint density at radius 3 is 2.69 bits per heavy atom. The van der Waals surface area contributed by atoms with Crippen LogP contribution >= 0.6 is 11.8 Å². The molecule has 72 valence electrons. The van der Waals surface area contributed by atoms with Crippen LogP contribution in [0.4, 0.5) is 5.69 Å². The number of thioether (sulfide) groups is 1. The van der Waals surface area contributed by atoms with Gasteiger partial charge in [-0.25, -0.2) is 0 Å². The van der Waals surface area contributed by atoms with Gasteiger partial charge in [-0.3, -0.25) is 0 Å². The van der Waals surface area contributed by atoms with Crippen molar-refractivity contribution in [3.8, 4) is 0 Å². The molecule has 2 nitrogen and oxygen atoms in total. The summed E-state index contributed by atoms with van der Waals surface area (Å²) in [5, 5.41) is 0.460. The second kappa shape index (κ2) is 4.53. The van der Waals surface area contributed by atoms with Gasteiger partial charge in [-0.1, -0.05) is 6.92 Å². The molecule has 0 radical (unpaired) electrons. The predicted octanol–water partition coefficient (Wildman–Crippen LogP) is 2.02. The molecule has 1 atom stereocenters. The number of nitrogen functional groups attached to an aromatic ring is 1. The SMILES string of the molecule is Cc1cc(N)ccc1SC(C)CN. The van der Waals surface area contributed by atoms with Gasteiger partial charge in [-0.2, -0.15) is 0 Å². The summed E-state index contributed by atoms with van der Waals surface area (Å²) in [6.07, 6.45) is 0. The van der Waals surface area contributed by atoms with Crippen molar-refractivity contribution in [2.45, 2.75) is 24.0 Å². The molecule has 0 heterocycles. The summed E-state index contributed by atoms with van der Waals surface area (Å²) < 4.78 is 0. The van der Waals surface area contributed by atoms with Crippen molar-refractivity contribution in [2.75, 3.05) is 12.3 Å². The van der Waals surface area contributed by atoms with Gasteiger partial charge < -0.3 is 11.5 Å². The Morgan fingerprint density at radius 2 is 2.15 bits per heavy atom. The van der Waals surface area contributed by atoms with E-state index in [4.69, 9.17) is 11.5 Å². The van der Waals surface area contributed by atoms with Gasteiger partial charge in [0.15, 0.2) is 0 Å². The molecule has 0 aliphatic heterocycles. The molecular formula is C10H16N2S. The highest BCUT2D eigenvalue weighted by Gasteiger charge is 2.04. The zero-order chi connectivity index (χ0) is 9.84. The van der Waals surface area contributed by atoms with Crippen LogP contribution in [0.5, 0.6) is 0 Å². The molecule has 0 saturated carbocycles. The number of hydrogen-bond donors (Lipinski definition) is 2. The largest absolute Gasteiger partial charge is 0.399 e. The first-order valence-corrected chi connectivity index (χ1v) is 5.24. The molecule has 1 rings (SSSR count). The van der Waals surface area contributed by atoms with Gasteiger partial charge in [-0.15, -0.1) is 11.8 Å². The summed E-state index contributed by atoms with van der Waals surface area (Å²) >= 11 is 1.80. The average molecular weight is 196 g/mol. The maximum Gasteiger partial charge on any atom is 0.0317 e. The van der Waals surface area contributed by atoms with Crippen molar-refractivity contribution >= 4 is 17.4 Å². The second-order valence-corrected chi connectivity index (χ2v) is 4.67. The van der Waals surface area contributed by atoms with E-state index >= 15 is 0 Å². The molecule has 1 aromatic carbocycles. The molecule has 13 heavy (non-hydrogen) atoms. The van der Waals surface area contributed by atoms with Crippen molar-refractivity contribution in [1.82, 2.24) is 0 Å². The summed E-state index contributed by atoms with van der Waals surface area (Å²) in [5.74, 6) is 0. The molecule has 0 bridgehead atoms. The van der Waals surface area contributed by atoms with Crippen LogP contribution < -0.4 is 11.5 Å². The molecular weight excluding hydrogens is 180 g/mol. The van der Waals surface area contributed by atoms with Gasteiger partial charge >= 0.3 is 0 Å². The summed E-state index contributed by atoms with van der Waals surface area (Å²) in [4.78, 5) is 1.27. The van der Waals surface area contributed by atoms with Crippen LogP contribution in [0, 0.1) is 6.92 Å². The van der Waals surface area contributed by atoms with Crippen molar-refractivity contribution in [1.29, 1.82) is 0 Å². The Morgan fingerprint density at radius 1 is 1.46 bits per heavy atom. The van der Waals surface area contributed by atoms with Crippen molar-refractivity contribution < 1.29 is 0 Å². The zero-order valence-electron chi connectivity index (χ0n) is 8.08. The summed E-state index contributed by atoms with van der Waals surface area (Å²) in [5.41, 5.74) is 13.3. The van der Waals surface area contributed by atoms with Crippen molar-refractivity contribution in [3.63, 3.8) is 0 Å². The molecule has 0 aliphatic rings. The molecule has 0 aromatic heterocycles. The maximum atomic E-state index is 5.66. The van der Waals surface area contributed by atoms with Crippen LogP contribution in [0.25, 0.3) is 0 Å². The molecule has 0 saturated heterocycles. The Labute approximate surface area is 83.7 Å². The fraction of sp³-hybridized carbons (Fsp3) is 0.400. The first-order valence-electron chi connectivity index (χ1n) is 4.36. The highest BCUT2D eigenvalue weighted by atomic mass is 32.2. The Balaban J connectivity index is 2.77. The first-order chi connectivity index (χ1) is 6.13. The van der Waals surface area contributed by atoms with Crippen LogP contribution in [0.1, 0.15) is 12.5 Å². The number of hydrogen-bond acceptors (Lipinski definition) is 3. The minimum Gasteiger partial charge on any atom is -0.399 e. The lowest BCUT2D eigenvalue weighted by Gasteiger charge is -2.10. The van der Waals surface area contributed by atoms with E-state index in [-0.39, 0.29) is 0 Å². The van der Waals surface area contributed by atoms with Gasteiger partial charge in [-0.05, 0) is 30.7 Å². The monoisotopic (exact) mass is 196 g/mol. The molecule has 0 fully saturated rings. The van der Waals surface area contributed by atoms with E-state index < -0.39 is 0 Å². The number of benzene rings is 1. The van der Waals surface area contributed by atoms with Crippen molar-refractivity contribution in [3.05, 3.63) is 23.8 Å². The van der Waals surface area contributed by atoms with Crippen LogP contribution in [0.15, 0.2) is 23.1 Å². The number of nitrogens with two attached hydrogens (primary N) is 2. The van der Waals surface area contributed by atoms with E-state index in [0.29, 0.717) is 11.8 Å². The van der Waals surface area contributed by atoms with Gasteiger partial charge in [0.2, 0.25) is 0 Å². The van der Waals surface area contributed by atoms with E-state index in [0.717, 1.165) is 5.69 Å². The van der Waals surface area contributed by atoms with Gasteiger partial charge in [0, 0.05) is 22.4 Å². The first kappa shape index (κ1) is 10.4. The number of aryl methyl sites for hydroxylation is 1. The van der Waals surface area contributed by atoms with Crippen LogP contribution in [0.3, 0.4) is 0 Å². The topological polar surface area (TPSA) is 52.0 Å². The van der Waals surface area contributed by atoms with Gasteiger partial charge in [0.1, 0.15) is 0 Å². The van der Waals surface area contributed by atoms with Crippen LogP contribution in [0.2, 0.25) is 0 Å². The van der Waals surface area contributed by atoms with Crippen LogP contribution in [-0.2, 0) is 0 Å². The normalized spacial score (nSPS) is 12.8. The highest BCUT2D eigenvalue weighted by molar-refractivity contribution is 8.00. The maximum absolute atomic E-state index is 5.66. The third kappa shape index (κ3) is 2.94. The number of anilines is 1. The second-order valence-electron chi connectivity index (χ2n) is 3.19. The molecule has 1 aromatic rings. The molecule has 0 spiro atoms. The Hall–Kier alpha value is -0.670. The van der Waals surface area contributed by atoms with Crippen LogP contribution in [-0.4, -0.2) is 11.8 Å². The Bertz CT molecular complexity index is 286. The molecule has 4 N–H and O–H groups in total. The molecule has 1 unspecified atom stereocenters. The van der Waals surface area contributed by atoms with E-state index in [2.05, 4.69) is 19.9 Å². The summed E-state index contributed by atoms with van der Waals surface area (Å²) in [7, 11) is 0. The fourth-order valence-electron chi connectivity index (χ4n) is 1.07. The van der Waals surface area contributed by atoms with Gasteiger partial charge in [0.25, 0.3) is 0 Å². The molecule has 3 heteroatoms. The quantitative estimate of drug-likeness (QED) is 0.574. The van der Waals surface area contributed by atoms with Gasteiger partial charge in [0.05, 0.1) is 0 Å². The summed E-state index contributed by atoms with van der Waals surface area (Å²) in [6.45, 7) is 4.90. The predicted molar refractivity (Wildman–Crippen MR) is 60.0 cm³/mol. The molecule has 0 aliphatic carbocycles. The van der Waals surface area contributed by atoms with E-state index in [1.54, 1.807) is 11.8 Å². The fourth-order valence-corrected chi connectivity index (χ4v) is 1.99. The lowest BCUT2D eigenvalue weighted by molar-refractivity contribution is 0.950. The van der Waals surface area contributed by atoms with E-state index in [1.807, 2.05) is 12.1 Å². The Kier molecular flexibility index (Phi) is 3.63. The van der Waals surface area contributed by atoms with E-state index in [1.165, 1.54) is 10.5 Å². The van der Waals surface area contributed by atoms with Crippen molar-refractivity contribution in [2.24, 2.45) is 5.73 Å². The smallest absolute Gasteiger partial charge is 0.0317 e.